The third-order valence-corrected chi connectivity index (χ3v) is 3.42. The molecule has 0 saturated heterocycles. The van der Waals surface area contributed by atoms with Gasteiger partial charge in [-0.15, -0.1) is 0 Å². The maximum Gasteiger partial charge on any atom is 0.191 e. The van der Waals surface area contributed by atoms with Crippen LogP contribution in [0.2, 0.25) is 0 Å². The molecule has 1 aliphatic rings. The predicted octanol–water partition coefficient (Wildman–Crippen LogP) is 1.75. The molecule has 1 heterocycles. The molecule has 5 heteroatoms. The number of aliphatic imine (C=N–C) groups is 1. The molecule has 1 aromatic heterocycles. The van der Waals surface area contributed by atoms with Crippen LogP contribution in [-0.2, 0) is 6.54 Å². The lowest BCUT2D eigenvalue weighted by Gasteiger charge is -2.11. The standard InChI is InChI=1S/C14H19N5/c1-18(2)14(15)16-9-13-17-11-5-3-4-6-12(11)19(13)10-7-8-10/h3-6,10H,7-9H2,1-2H3,(H2,15,16). The number of benzene rings is 1. The van der Waals surface area contributed by atoms with Crippen molar-refractivity contribution < 1.29 is 0 Å². The van der Waals surface area contributed by atoms with Crippen LogP contribution in [0, 0.1) is 0 Å². The third kappa shape index (κ3) is 2.28. The Morgan fingerprint density at radius 1 is 1.42 bits per heavy atom. The molecule has 1 aliphatic carbocycles. The van der Waals surface area contributed by atoms with Gasteiger partial charge in [0.15, 0.2) is 5.96 Å². The van der Waals surface area contributed by atoms with Gasteiger partial charge in [0.1, 0.15) is 12.4 Å². The Balaban J connectivity index is 1.98. The van der Waals surface area contributed by atoms with E-state index in [4.69, 9.17) is 5.73 Å². The third-order valence-electron chi connectivity index (χ3n) is 3.42. The molecule has 100 valence electrons. The average Bonchev–Trinajstić information content (AvgIpc) is 3.16. The molecule has 0 aliphatic heterocycles. The van der Waals surface area contributed by atoms with Crippen molar-refractivity contribution in [1.82, 2.24) is 14.5 Å². The van der Waals surface area contributed by atoms with Gasteiger partial charge in [0.2, 0.25) is 0 Å². The van der Waals surface area contributed by atoms with Crippen LogP contribution < -0.4 is 5.73 Å². The number of rotatable bonds is 3. The molecule has 0 amide bonds. The fourth-order valence-electron chi connectivity index (χ4n) is 2.24. The molecule has 5 nitrogen and oxygen atoms in total. The fourth-order valence-corrected chi connectivity index (χ4v) is 2.24. The van der Waals surface area contributed by atoms with Gasteiger partial charge in [0.25, 0.3) is 0 Å². The first kappa shape index (κ1) is 12.0. The summed E-state index contributed by atoms with van der Waals surface area (Å²) in [5.41, 5.74) is 8.09. The summed E-state index contributed by atoms with van der Waals surface area (Å²) in [5, 5.41) is 0. The Morgan fingerprint density at radius 2 is 2.16 bits per heavy atom. The topological polar surface area (TPSA) is 59.4 Å². The van der Waals surface area contributed by atoms with Gasteiger partial charge < -0.3 is 15.2 Å². The quantitative estimate of drug-likeness (QED) is 0.673. The number of hydrogen-bond acceptors (Lipinski definition) is 2. The van der Waals surface area contributed by atoms with Crippen LogP contribution >= 0.6 is 0 Å². The number of nitrogens with two attached hydrogens (primary N) is 1. The van der Waals surface area contributed by atoms with Crippen LogP contribution in [0.25, 0.3) is 11.0 Å². The van der Waals surface area contributed by atoms with Crippen molar-refractivity contribution in [3.05, 3.63) is 30.1 Å². The van der Waals surface area contributed by atoms with E-state index < -0.39 is 0 Å². The molecule has 2 aromatic rings. The van der Waals surface area contributed by atoms with Gasteiger partial charge in [0, 0.05) is 20.1 Å². The fraction of sp³-hybridized carbons (Fsp3) is 0.429. The van der Waals surface area contributed by atoms with Gasteiger partial charge in [0.05, 0.1) is 11.0 Å². The predicted molar refractivity (Wildman–Crippen MR) is 77.0 cm³/mol. The van der Waals surface area contributed by atoms with E-state index in [1.807, 2.05) is 25.1 Å². The highest BCUT2D eigenvalue weighted by molar-refractivity contribution is 5.78. The first-order valence-electron chi connectivity index (χ1n) is 6.60. The van der Waals surface area contributed by atoms with Crippen molar-refractivity contribution >= 4 is 17.0 Å². The van der Waals surface area contributed by atoms with Crippen LogP contribution in [-0.4, -0.2) is 34.5 Å². The van der Waals surface area contributed by atoms with Crippen LogP contribution in [0.1, 0.15) is 24.7 Å². The van der Waals surface area contributed by atoms with E-state index in [0.717, 1.165) is 11.3 Å². The number of guanidine groups is 1. The molecule has 2 N–H and O–H groups in total. The number of aromatic nitrogens is 2. The Kier molecular flexibility index (Phi) is 2.89. The average molecular weight is 257 g/mol. The molecule has 1 aromatic carbocycles. The van der Waals surface area contributed by atoms with E-state index in [1.165, 1.54) is 18.4 Å². The molecule has 0 bridgehead atoms. The van der Waals surface area contributed by atoms with Crippen LogP contribution in [0.4, 0.5) is 0 Å². The zero-order valence-corrected chi connectivity index (χ0v) is 11.4. The highest BCUT2D eigenvalue weighted by Crippen LogP contribution is 2.38. The van der Waals surface area contributed by atoms with Gasteiger partial charge in [-0.05, 0) is 25.0 Å². The second-order valence-corrected chi connectivity index (χ2v) is 5.19. The lowest BCUT2D eigenvalue weighted by molar-refractivity contribution is 0.605. The molecule has 1 saturated carbocycles. The van der Waals surface area contributed by atoms with Gasteiger partial charge in [-0.25, -0.2) is 9.98 Å². The Bertz CT molecular complexity index is 622. The number of hydrogen-bond donors (Lipinski definition) is 1. The van der Waals surface area contributed by atoms with Gasteiger partial charge in [-0.1, -0.05) is 12.1 Å². The summed E-state index contributed by atoms with van der Waals surface area (Å²) in [4.78, 5) is 10.9. The minimum Gasteiger partial charge on any atom is -0.370 e. The zero-order chi connectivity index (χ0) is 13.4. The lowest BCUT2D eigenvalue weighted by Crippen LogP contribution is -2.30. The van der Waals surface area contributed by atoms with Crippen LogP contribution in [0.5, 0.6) is 0 Å². The Labute approximate surface area is 112 Å². The highest BCUT2D eigenvalue weighted by Gasteiger charge is 2.27. The van der Waals surface area contributed by atoms with Crippen molar-refractivity contribution in [3.8, 4) is 0 Å². The molecular formula is C14H19N5. The largest absolute Gasteiger partial charge is 0.370 e. The molecule has 0 spiro atoms. The van der Waals surface area contributed by atoms with E-state index in [2.05, 4.69) is 32.7 Å². The number of imidazole rings is 1. The van der Waals surface area contributed by atoms with Gasteiger partial charge in [-0.3, -0.25) is 0 Å². The summed E-state index contributed by atoms with van der Waals surface area (Å²) in [7, 11) is 3.78. The van der Waals surface area contributed by atoms with Crippen LogP contribution in [0.3, 0.4) is 0 Å². The van der Waals surface area contributed by atoms with E-state index in [1.54, 1.807) is 0 Å². The number of fused-ring (bicyclic) bond motifs is 1. The van der Waals surface area contributed by atoms with Crippen molar-refractivity contribution in [1.29, 1.82) is 0 Å². The van der Waals surface area contributed by atoms with Crippen molar-refractivity contribution in [2.75, 3.05) is 14.1 Å². The second kappa shape index (κ2) is 4.57. The SMILES string of the molecule is CN(C)C(N)=NCc1nc2ccccc2n1C1CC1. The molecular weight excluding hydrogens is 238 g/mol. The highest BCUT2D eigenvalue weighted by atomic mass is 15.2. The summed E-state index contributed by atoms with van der Waals surface area (Å²) in [6, 6.07) is 8.86. The van der Waals surface area contributed by atoms with Crippen molar-refractivity contribution in [2.45, 2.75) is 25.4 Å². The van der Waals surface area contributed by atoms with Gasteiger partial charge >= 0.3 is 0 Å². The van der Waals surface area contributed by atoms with Crippen molar-refractivity contribution in [2.24, 2.45) is 10.7 Å². The first-order chi connectivity index (χ1) is 9.16. The minimum atomic E-state index is 0.536. The smallest absolute Gasteiger partial charge is 0.191 e. The van der Waals surface area contributed by atoms with Crippen LogP contribution in [0.15, 0.2) is 29.3 Å². The van der Waals surface area contributed by atoms with Gasteiger partial charge in [-0.2, -0.15) is 0 Å². The minimum absolute atomic E-state index is 0.536. The summed E-state index contributed by atoms with van der Waals surface area (Å²) in [6.45, 7) is 0.537. The molecule has 0 unspecified atom stereocenters. The molecule has 0 radical (unpaired) electrons. The summed E-state index contributed by atoms with van der Waals surface area (Å²) in [6.07, 6.45) is 2.47. The van der Waals surface area contributed by atoms with E-state index in [9.17, 15) is 0 Å². The van der Waals surface area contributed by atoms with Crippen molar-refractivity contribution in [3.63, 3.8) is 0 Å². The molecule has 1 fully saturated rings. The molecule has 3 rings (SSSR count). The summed E-state index contributed by atoms with van der Waals surface area (Å²) < 4.78 is 2.32. The number of nitrogens with zero attached hydrogens (tertiary/aromatic N) is 4. The first-order valence-corrected chi connectivity index (χ1v) is 6.60. The molecule has 0 atom stereocenters. The van der Waals surface area contributed by atoms with E-state index in [-0.39, 0.29) is 0 Å². The zero-order valence-electron chi connectivity index (χ0n) is 11.4. The summed E-state index contributed by atoms with van der Waals surface area (Å²) >= 11 is 0. The monoisotopic (exact) mass is 257 g/mol. The van der Waals surface area contributed by atoms with E-state index >= 15 is 0 Å². The molecule has 19 heavy (non-hydrogen) atoms. The summed E-state index contributed by atoms with van der Waals surface area (Å²) in [5.74, 6) is 1.54. The Hall–Kier alpha value is -2.04. The Morgan fingerprint density at radius 3 is 2.84 bits per heavy atom. The maximum absolute atomic E-state index is 5.84. The number of para-hydroxylation sites is 2. The second-order valence-electron chi connectivity index (χ2n) is 5.19. The lowest BCUT2D eigenvalue weighted by atomic mass is 10.3. The normalized spacial score (nSPS) is 16.0. The van der Waals surface area contributed by atoms with E-state index in [0.29, 0.717) is 18.5 Å². The maximum atomic E-state index is 5.84.